The van der Waals surface area contributed by atoms with E-state index in [0.29, 0.717) is 11.6 Å². The number of aromatic nitrogens is 8. The standard InChI is InChI=1S/C8H6N8/c1-7(15-5-9-2-13-15)11-4-12-8(1)16-6-10-3-14-16/h1-6H. The summed E-state index contributed by atoms with van der Waals surface area (Å²) in [5.41, 5.74) is 0. The van der Waals surface area contributed by atoms with E-state index < -0.39 is 0 Å². The highest BCUT2D eigenvalue weighted by molar-refractivity contribution is 5.29. The van der Waals surface area contributed by atoms with Gasteiger partial charge >= 0.3 is 0 Å². The maximum atomic E-state index is 4.08. The Labute approximate surface area is 89.6 Å². The minimum Gasteiger partial charge on any atom is -0.223 e. The molecule has 0 aliphatic carbocycles. The first-order valence-corrected chi connectivity index (χ1v) is 4.45. The first kappa shape index (κ1) is 8.65. The third-order valence-corrected chi connectivity index (χ3v) is 1.95. The average molecular weight is 214 g/mol. The van der Waals surface area contributed by atoms with Gasteiger partial charge in [0, 0.05) is 6.07 Å². The second-order valence-corrected chi connectivity index (χ2v) is 2.91. The Morgan fingerprint density at radius 2 is 1.31 bits per heavy atom. The molecule has 0 unspecified atom stereocenters. The van der Waals surface area contributed by atoms with Crippen LogP contribution in [-0.4, -0.2) is 39.5 Å². The van der Waals surface area contributed by atoms with E-state index in [-0.39, 0.29) is 0 Å². The van der Waals surface area contributed by atoms with Gasteiger partial charge < -0.3 is 0 Å². The zero-order valence-electron chi connectivity index (χ0n) is 8.04. The van der Waals surface area contributed by atoms with Gasteiger partial charge in [0.15, 0.2) is 11.6 Å². The Balaban J connectivity index is 2.07. The van der Waals surface area contributed by atoms with E-state index >= 15 is 0 Å². The Bertz CT molecular complexity index is 520. The van der Waals surface area contributed by atoms with E-state index in [1.165, 1.54) is 19.0 Å². The minimum atomic E-state index is 0.623. The van der Waals surface area contributed by atoms with Crippen molar-refractivity contribution in [2.75, 3.05) is 0 Å². The summed E-state index contributed by atoms with van der Waals surface area (Å²) in [6.07, 6.45) is 7.45. The van der Waals surface area contributed by atoms with Crippen LogP contribution in [0.15, 0.2) is 37.7 Å². The predicted molar refractivity (Wildman–Crippen MR) is 51.9 cm³/mol. The lowest BCUT2D eigenvalue weighted by atomic mass is 10.5. The Kier molecular flexibility index (Phi) is 1.89. The second-order valence-electron chi connectivity index (χ2n) is 2.91. The second kappa shape index (κ2) is 3.50. The quantitative estimate of drug-likeness (QED) is 0.578. The highest BCUT2D eigenvalue weighted by Crippen LogP contribution is 2.05. The summed E-state index contributed by atoms with van der Waals surface area (Å²) in [4.78, 5) is 15.9. The van der Waals surface area contributed by atoms with Crippen LogP contribution in [0.4, 0.5) is 0 Å². The number of rotatable bonds is 2. The molecule has 3 aromatic heterocycles. The number of nitrogens with zero attached hydrogens (tertiary/aromatic N) is 8. The first-order chi connectivity index (χ1) is 7.93. The predicted octanol–water partition coefficient (Wildman–Crippen LogP) is -0.362. The molecule has 0 saturated heterocycles. The van der Waals surface area contributed by atoms with Crippen LogP contribution in [-0.2, 0) is 0 Å². The van der Waals surface area contributed by atoms with Crippen molar-refractivity contribution in [3.8, 4) is 11.6 Å². The van der Waals surface area contributed by atoms with Gasteiger partial charge in [-0.3, -0.25) is 0 Å². The zero-order chi connectivity index (χ0) is 10.8. The molecule has 16 heavy (non-hydrogen) atoms. The zero-order valence-corrected chi connectivity index (χ0v) is 8.04. The van der Waals surface area contributed by atoms with E-state index in [1.54, 1.807) is 28.1 Å². The molecule has 3 rings (SSSR count). The molecule has 0 spiro atoms. The molecule has 8 nitrogen and oxygen atoms in total. The van der Waals surface area contributed by atoms with Crippen LogP contribution in [0.2, 0.25) is 0 Å². The molecule has 0 aromatic carbocycles. The van der Waals surface area contributed by atoms with Gasteiger partial charge in [0.25, 0.3) is 0 Å². The number of hydrogen-bond acceptors (Lipinski definition) is 6. The van der Waals surface area contributed by atoms with Gasteiger partial charge in [-0.2, -0.15) is 10.2 Å². The SMILES string of the molecule is c1nc(-n2cncn2)cc(-n2cncn2)n1. The van der Waals surface area contributed by atoms with Crippen molar-refractivity contribution in [1.82, 2.24) is 39.5 Å². The lowest BCUT2D eigenvalue weighted by Crippen LogP contribution is -2.03. The third-order valence-electron chi connectivity index (χ3n) is 1.95. The van der Waals surface area contributed by atoms with Gasteiger partial charge in [-0.25, -0.2) is 29.3 Å². The molecule has 0 bridgehead atoms. The van der Waals surface area contributed by atoms with Gasteiger partial charge in [-0.15, -0.1) is 0 Å². The van der Waals surface area contributed by atoms with Crippen LogP contribution in [0.3, 0.4) is 0 Å². The van der Waals surface area contributed by atoms with Crippen molar-refractivity contribution in [1.29, 1.82) is 0 Å². The maximum Gasteiger partial charge on any atom is 0.160 e. The summed E-state index contributed by atoms with van der Waals surface area (Å²) >= 11 is 0. The minimum absolute atomic E-state index is 0.623. The van der Waals surface area contributed by atoms with Gasteiger partial charge in [0.2, 0.25) is 0 Å². The van der Waals surface area contributed by atoms with Crippen LogP contribution in [0.25, 0.3) is 11.6 Å². The molecule has 3 heterocycles. The van der Waals surface area contributed by atoms with Crippen molar-refractivity contribution in [3.05, 3.63) is 37.7 Å². The molecule has 0 radical (unpaired) electrons. The van der Waals surface area contributed by atoms with Crippen LogP contribution in [0.1, 0.15) is 0 Å². The molecule has 0 aliphatic rings. The molecule has 0 fully saturated rings. The summed E-state index contributed by atoms with van der Waals surface area (Å²) in [6.45, 7) is 0. The molecule has 0 saturated carbocycles. The maximum absolute atomic E-state index is 4.08. The highest BCUT2D eigenvalue weighted by Gasteiger charge is 2.03. The summed E-state index contributed by atoms with van der Waals surface area (Å²) in [6, 6.07) is 1.74. The Morgan fingerprint density at radius 1 is 0.750 bits per heavy atom. The van der Waals surface area contributed by atoms with Crippen LogP contribution in [0, 0.1) is 0 Å². The average Bonchev–Trinajstić information content (AvgIpc) is 3.03. The van der Waals surface area contributed by atoms with E-state index in [4.69, 9.17) is 0 Å². The van der Waals surface area contributed by atoms with E-state index in [2.05, 4.69) is 30.1 Å². The number of hydrogen-bond donors (Lipinski definition) is 0. The van der Waals surface area contributed by atoms with Gasteiger partial charge in [-0.05, 0) is 0 Å². The molecule has 3 aromatic rings. The van der Waals surface area contributed by atoms with Crippen molar-refractivity contribution in [2.24, 2.45) is 0 Å². The lowest BCUT2D eigenvalue weighted by Gasteiger charge is -2.01. The normalized spacial score (nSPS) is 10.5. The fourth-order valence-corrected chi connectivity index (χ4v) is 1.24. The summed E-state index contributed by atoms with van der Waals surface area (Å²) < 4.78 is 3.09. The molecular formula is C8H6N8. The lowest BCUT2D eigenvalue weighted by molar-refractivity contribution is 0.801. The van der Waals surface area contributed by atoms with Crippen molar-refractivity contribution >= 4 is 0 Å². The Hall–Kier alpha value is -2.64. The van der Waals surface area contributed by atoms with E-state index in [9.17, 15) is 0 Å². The highest BCUT2D eigenvalue weighted by atomic mass is 15.4. The first-order valence-electron chi connectivity index (χ1n) is 4.45. The molecule has 0 N–H and O–H groups in total. The molecular weight excluding hydrogens is 208 g/mol. The molecule has 0 amide bonds. The van der Waals surface area contributed by atoms with Crippen LogP contribution < -0.4 is 0 Å². The van der Waals surface area contributed by atoms with E-state index in [1.807, 2.05) is 0 Å². The summed E-state index contributed by atoms with van der Waals surface area (Å²) in [7, 11) is 0. The monoisotopic (exact) mass is 214 g/mol. The fraction of sp³-hybridized carbons (Fsp3) is 0. The molecule has 8 heteroatoms. The van der Waals surface area contributed by atoms with Gasteiger partial charge in [0.1, 0.15) is 31.6 Å². The van der Waals surface area contributed by atoms with Gasteiger partial charge in [-0.1, -0.05) is 0 Å². The van der Waals surface area contributed by atoms with Crippen molar-refractivity contribution in [2.45, 2.75) is 0 Å². The van der Waals surface area contributed by atoms with Crippen molar-refractivity contribution < 1.29 is 0 Å². The van der Waals surface area contributed by atoms with Gasteiger partial charge in [0.05, 0.1) is 0 Å². The molecule has 0 aliphatic heterocycles. The summed E-state index contributed by atoms with van der Waals surface area (Å²) in [5, 5.41) is 7.96. The third kappa shape index (κ3) is 1.41. The van der Waals surface area contributed by atoms with Crippen molar-refractivity contribution in [3.63, 3.8) is 0 Å². The molecule has 78 valence electrons. The topological polar surface area (TPSA) is 87.2 Å². The van der Waals surface area contributed by atoms with Crippen LogP contribution in [0.5, 0.6) is 0 Å². The fourth-order valence-electron chi connectivity index (χ4n) is 1.24. The smallest absolute Gasteiger partial charge is 0.160 e. The van der Waals surface area contributed by atoms with Crippen LogP contribution >= 0.6 is 0 Å². The van der Waals surface area contributed by atoms with E-state index in [0.717, 1.165) is 0 Å². The largest absolute Gasteiger partial charge is 0.223 e. The summed E-state index contributed by atoms with van der Waals surface area (Å²) in [5.74, 6) is 1.25. The molecule has 0 atom stereocenters. The Morgan fingerprint density at radius 3 is 1.75 bits per heavy atom.